The predicted molar refractivity (Wildman–Crippen MR) is 156 cm³/mol. The molecule has 0 unspecified atom stereocenters. The van der Waals surface area contributed by atoms with Crippen molar-refractivity contribution in [3.63, 3.8) is 0 Å². The standard InChI is InChI=1S/C30H33ClN6O3/c1-20-25(16-22(31)18-33-20)29(38)34-23-8-6-21(7-9-23)19-36-26-4-2-3-5-27(26)37(30(36)39)24-10-11-32-28(17-24)35-12-14-40-15-13-35/h2-5,10-11,16-18,21,23H,6-9,12-15,19H2,1H3,(H,34,38)/t21-,23-. The normalized spacial score (nSPS) is 19.6. The number of carbonyl (C=O) groups excluding carboxylic acids is 1. The van der Waals surface area contributed by atoms with Crippen LogP contribution in [0.1, 0.15) is 41.7 Å². The van der Waals surface area contributed by atoms with E-state index in [1.165, 1.54) is 0 Å². The number of pyridine rings is 2. The van der Waals surface area contributed by atoms with Gasteiger partial charge in [-0.1, -0.05) is 23.7 Å². The Morgan fingerprint density at radius 2 is 1.80 bits per heavy atom. The number of nitrogens with zero attached hydrogens (tertiary/aromatic N) is 5. The molecule has 1 aromatic carbocycles. The molecule has 0 bridgehead atoms. The Morgan fingerprint density at radius 3 is 2.58 bits per heavy atom. The van der Waals surface area contributed by atoms with E-state index < -0.39 is 0 Å². The molecule has 9 nitrogen and oxygen atoms in total. The maximum Gasteiger partial charge on any atom is 0.333 e. The van der Waals surface area contributed by atoms with Gasteiger partial charge in [-0.2, -0.15) is 0 Å². The van der Waals surface area contributed by atoms with E-state index in [2.05, 4.69) is 20.2 Å². The third-order valence-corrected chi connectivity index (χ3v) is 8.29. The van der Waals surface area contributed by atoms with Crippen molar-refractivity contribution < 1.29 is 9.53 Å². The SMILES string of the molecule is Cc1ncc(Cl)cc1C(=O)N[C@H]1CC[C@H](Cn2c(=O)n(-c3ccnc(N4CCOCC4)c3)c3ccccc32)CC1. The summed E-state index contributed by atoms with van der Waals surface area (Å²) < 4.78 is 9.20. The van der Waals surface area contributed by atoms with Crippen molar-refractivity contribution in [2.45, 2.75) is 45.2 Å². The molecule has 3 aromatic heterocycles. The summed E-state index contributed by atoms with van der Waals surface area (Å²) in [6.45, 7) is 5.37. The van der Waals surface area contributed by atoms with Crippen LogP contribution in [0.3, 0.4) is 0 Å². The van der Waals surface area contributed by atoms with Gasteiger partial charge in [0.1, 0.15) is 5.82 Å². The highest BCUT2D eigenvalue weighted by molar-refractivity contribution is 6.30. The number of amides is 1. The highest BCUT2D eigenvalue weighted by atomic mass is 35.5. The fraction of sp³-hybridized carbons (Fsp3) is 0.400. The summed E-state index contributed by atoms with van der Waals surface area (Å²) in [6.07, 6.45) is 6.92. The van der Waals surface area contributed by atoms with Gasteiger partial charge in [-0.15, -0.1) is 0 Å². The lowest BCUT2D eigenvalue weighted by atomic mass is 9.85. The van der Waals surface area contributed by atoms with E-state index in [1.807, 2.05) is 47.9 Å². The summed E-state index contributed by atoms with van der Waals surface area (Å²) in [5.41, 5.74) is 3.77. The van der Waals surface area contributed by atoms with Crippen LogP contribution in [0.2, 0.25) is 5.02 Å². The molecule has 40 heavy (non-hydrogen) atoms. The first kappa shape index (κ1) is 26.5. The summed E-state index contributed by atoms with van der Waals surface area (Å²) in [5, 5.41) is 3.61. The van der Waals surface area contributed by atoms with Gasteiger partial charge in [0.2, 0.25) is 0 Å². The van der Waals surface area contributed by atoms with Crippen molar-refractivity contribution in [2.24, 2.45) is 5.92 Å². The predicted octanol–water partition coefficient (Wildman–Crippen LogP) is 4.37. The summed E-state index contributed by atoms with van der Waals surface area (Å²) in [7, 11) is 0. The molecule has 1 aliphatic carbocycles. The van der Waals surface area contributed by atoms with Gasteiger partial charge >= 0.3 is 5.69 Å². The van der Waals surface area contributed by atoms with Gasteiger partial charge < -0.3 is 15.0 Å². The Hall–Kier alpha value is -3.69. The van der Waals surface area contributed by atoms with Gasteiger partial charge in [0.15, 0.2) is 0 Å². The molecule has 1 aliphatic heterocycles. The zero-order chi connectivity index (χ0) is 27.6. The fourth-order valence-corrected chi connectivity index (χ4v) is 6.05. The van der Waals surface area contributed by atoms with Crippen LogP contribution >= 0.6 is 11.6 Å². The number of hydrogen-bond acceptors (Lipinski definition) is 6. The molecular weight excluding hydrogens is 528 g/mol. The lowest BCUT2D eigenvalue weighted by Gasteiger charge is -2.29. The zero-order valence-electron chi connectivity index (χ0n) is 22.6. The molecule has 10 heteroatoms. The molecular formula is C30H33ClN6O3. The van der Waals surface area contributed by atoms with Crippen molar-refractivity contribution in [2.75, 3.05) is 31.2 Å². The minimum atomic E-state index is -0.135. The topological polar surface area (TPSA) is 94.3 Å². The first-order valence-electron chi connectivity index (χ1n) is 13.9. The fourth-order valence-electron chi connectivity index (χ4n) is 5.89. The Balaban J connectivity index is 1.18. The molecule has 0 radical (unpaired) electrons. The smallest absolute Gasteiger partial charge is 0.333 e. The summed E-state index contributed by atoms with van der Waals surface area (Å²) in [5.74, 6) is 1.07. The van der Waals surface area contributed by atoms with Gasteiger partial charge in [0.05, 0.1) is 46.2 Å². The van der Waals surface area contributed by atoms with Crippen LogP contribution in [0.4, 0.5) is 5.82 Å². The van der Waals surface area contributed by atoms with Crippen molar-refractivity contribution in [1.29, 1.82) is 0 Å². The van der Waals surface area contributed by atoms with Gasteiger partial charge in [0, 0.05) is 44.1 Å². The van der Waals surface area contributed by atoms with Crippen LogP contribution in [0.25, 0.3) is 16.7 Å². The van der Waals surface area contributed by atoms with Crippen molar-refractivity contribution >= 4 is 34.4 Å². The lowest BCUT2D eigenvalue weighted by Crippen LogP contribution is -2.39. The molecule has 1 N–H and O–H groups in total. The average Bonchev–Trinajstić information content (AvgIpc) is 3.26. The van der Waals surface area contributed by atoms with Crippen molar-refractivity contribution in [1.82, 2.24) is 24.4 Å². The van der Waals surface area contributed by atoms with E-state index >= 15 is 0 Å². The Kier molecular flexibility index (Phi) is 7.58. The number of imidazole rings is 1. The van der Waals surface area contributed by atoms with E-state index in [4.69, 9.17) is 16.3 Å². The quantitative estimate of drug-likeness (QED) is 0.376. The zero-order valence-corrected chi connectivity index (χ0v) is 23.3. The van der Waals surface area contributed by atoms with E-state index in [0.717, 1.165) is 61.3 Å². The molecule has 1 amide bonds. The minimum Gasteiger partial charge on any atom is -0.378 e. The number of fused-ring (bicyclic) bond motifs is 1. The number of anilines is 1. The van der Waals surface area contributed by atoms with Crippen LogP contribution < -0.4 is 15.9 Å². The van der Waals surface area contributed by atoms with E-state index in [0.29, 0.717) is 42.0 Å². The third kappa shape index (κ3) is 5.36. The number of morpholine rings is 1. The number of para-hydroxylation sites is 2. The van der Waals surface area contributed by atoms with Crippen LogP contribution in [-0.4, -0.2) is 57.4 Å². The number of rotatable bonds is 6. The largest absolute Gasteiger partial charge is 0.378 e. The van der Waals surface area contributed by atoms with Crippen LogP contribution in [0, 0.1) is 12.8 Å². The number of aryl methyl sites for hydroxylation is 1. The highest BCUT2D eigenvalue weighted by Crippen LogP contribution is 2.28. The number of benzene rings is 1. The van der Waals surface area contributed by atoms with Gasteiger partial charge in [-0.05, 0) is 62.8 Å². The molecule has 4 heterocycles. The number of carbonyl (C=O) groups is 1. The lowest BCUT2D eigenvalue weighted by molar-refractivity contribution is 0.0919. The second-order valence-electron chi connectivity index (χ2n) is 10.7. The summed E-state index contributed by atoms with van der Waals surface area (Å²) in [4.78, 5) is 37.7. The summed E-state index contributed by atoms with van der Waals surface area (Å²) in [6, 6.07) is 13.6. The average molecular weight is 561 g/mol. The third-order valence-electron chi connectivity index (χ3n) is 8.08. The van der Waals surface area contributed by atoms with Crippen molar-refractivity contribution in [3.05, 3.63) is 81.6 Å². The van der Waals surface area contributed by atoms with Gasteiger partial charge in [-0.25, -0.2) is 9.78 Å². The number of aromatic nitrogens is 4. The Bertz CT molecular complexity index is 1580. The second-order valence-corrected chi connectivity index (χ2v) is 11.1. The molecule has 0 atom stereocenters. The maximum atomic E-state index is 13.9. The number of hydrogen-bond donors (Lipinski definition) is 1. The first-order valence-corrected chi connectivity index (χ1v) is 14.3. The van der Waals surface area contributed by atoms with Gasteiger partial charge in [-0.3, -0.25) is 18.9 Å². The first-order chi connectivity index (χ1) is 19.5. The van der Waals surface area contributed by atoms with E-state index in [-0.39, 0.29) is 17.6 Å². The Morgan fingerprint density at radius 1 is 1.05 bits per heavy atom. The molecule has 208 valence electrons. The van der Waals surface area contributed by atoms with Crippen LogP contribution in [0.5, 0.6) is 0 Å². The molecule has 2 fully saturated rings. The van der Waals surface area contributed by atoms with Gasteiger partial charge in [0.25, 0.3) is 5.91 Å². The molecule has 6 rings (SSSR count). The van der Waals surface area contributed by atoms with E-state index in [1.54, 1.807) is 23.0 Å². The molecule has 4 aromatic rings. The number of halogens is 1. The molecule has 1 saturated carbocycles. The monoisotopic (exact) mass is 560 g/mol. The molecule has 1 saturated heterocycles. The number of ether oxygens (including phenoxy) is 1. The number of nitrogens with one attached hydrogen (secondary N) is 1. The second kappa shape index (κ2) is 11.4. The van der Waals surface area contributed by atoms with Crippen LogP contribution in [0.15, 0.2) is 59.7 Å². The van der Waals surface area contributed by atoms with Crippen LogP contribution in [-0.2, 0) is 11.3 Å². The maximum absolute atomic E-state index is 13.9. The Labute approximate surface area is 237 Å². The van der Waals surface area contributed by atoms with Crippen molar-refractivity contribution in [3.8, 4) is 5.69 Å². The highest BCUT2D eigenvalue weighted by Gasteiger charge is 2.26. The molecule has 0 spiro atoms. The van der Waals surface area contributed by atoms with E-state index in [9.17, 15) is 9.59 Å². The summed E-state index contributed by atoms with van der Waals surface area (Å²) >= 11 is 6.06. The minimum absolute atomic E-state index is 0.0420. The molecule has 2 aliphatic rings.